The van der Waals surface area contributed by atoms with Crippen molar-refractivity contribution in [3.63, 3.8) is 0 Å². The lowest BCUT2D eigenvalue weighted by molar-refractivity contribution is -0.125. The number of benzene rings is 2. The number of anilines is 1. The van der Waals surface area contributed by atoms with Crippen LogP contribution in [0, 0.1) is 0 Å². The molecular weight excluding hydrogens is 413 g/mol. The standard InChI is InChI=1S/C22H25Cl2NO4/c1-15(14-27-2)29-20-8-7-16(13-19(20)24)25-21(26)22(9-11-28-12-10-22)17-5-3-4-6-18(17)23/h3-8,13,15H,9-12,14H2,1-2H3,(H,25,26)/t15-/m1/s1. The fourth-order valence-electron chi connectivity index (χ4n) is 3.60. The van der Waals surface area contributed by atoms with Crippen LogP contribution in [-0.4, -0.2) is 38.9 Å². The zero-order valence-electron chi connectivity index (χ0n) is 16.5. The van der Waals surface area contributed by atoms with Crippen LogP contribution < -0.4 is 10.1 Å². The first-order chi connectivity index (χ1) is 14.0. The number of amides is 1. The molecular formula is C22H25Cl2NO4. The van der Waals surface area contributed by atoms with Crippen molar-refractivity contribution in [3.05, 3.63) is 58.1 Å². The van der Waals surface area contributed by atoms with E-state index in [1.54, 1.807) is 25.3 Å². The Labute approximate surface area is 181 Å². The summed E-state index contributed by atoms with van der Waals surface area (Å²) in [6, 6.07) is 12.7. The van der Waals surface area contributed by atoms with E-state index in [2.05, 4.69) is 5.32 Å². The number of hydrogen-bond donors (Lipinski definition) is 1. The number of ether oxygens (including phenoxy) is 3. The number of carbonyl (C=O) groups excluding carboxylic acids is 1. The second-order valence-corrected chi connectivity index (χ2v) is 7.97. The molecule has 1 atom stereocenters. The Kier molecular flexibility index (Phi) is 7.41. The van der Waals surface area contributed by atoms with Crippen molar-refractivity contribution in [2.75, 3.05) is 32.2 Å². The molecule has 0 bridgehead atoms. The predicted molar refractivity (Wildman–Crippen MR) is 115 cm³/mol. The summed E-state index contributed by atoms with van der Waals surface area (Å²) in [5.41, 5.74) is 0.678. The molecule has 1 N–H and O–H groups in total. The van der Waals surface area contributed by atoms with Crippen molar-refractivity contribution >= 4 is 34.8 Å². The zero-order chi connectivity index (χ0) is 20.9. The summed E-state index contributed by atoms with van der Waals surface area (Å²) in [7, 11) is 1.62. The first-order valence-corrected chi connectivity index (χ1v) is 10.3. The molecule has 1 amide bonds. The van der Waals surface area contributed by atoms with E-state index in [-0.39, 0.29) is 12.0 Å². The number of carbonyl (C=O) groups is 1. The smallest absolute Gasteiger partial charge is 0.235 e. The number of methoxy groups -OCH3 is 1. The Hall–Kier alpha value is -1.79. The molecule has 1 saturated heterocycles. The van der Waals surface area contributed by atoms with Gasteiger partial charge in [0.1, 0.15) is 11.9 Å². The fourth-order valence-corrected chi connectivity index (χ4v) is 4.14. The third-order valence-corrected chi connectivity index (χ3v) is 5.71. The highest BCUT2D eigenvalue weighted by atomic mass is 35.5. The summed E-state index contributed by atoms with van der Waals surface area (Å²) in [6.07, 6.45) is 0.988. The minimum atomic E-state index is -0.745. The van der Waals surface area contributed by atoms with Crippen molar-refractivity contribution in [3.8, 4) is 5.75 Å². The van der Waals surface area contributed by atoms with Crippen molar-refractivity contribution in [1.82, 2.24) is 0 Å². The van der Waals surface area contributed by atoms with Gasteiger partial charge in [-0.05, 0) is 49.6 Å². The highest BCUT2D eigenvalue weighted by Gasteiger charge is 2.43. The van der Waals surface area contributed by atoms with Gasteiger partial charge in [0.2, 0.25) is 5.91 Å². The molecule has 7 heteroatoms. The van der Waals surface area contributed by atoms with E-state index in [0.29, 0.717) is 54.1 Å². The summed E-state index contributed by atoms with van der Waals surface area (Å²) in [5.74, 6) is 0.424. The summed E-state index contributed by atoms with van der Waals surface area (Å²) in [6.45, 7) is 3.36. The maximum absolute atomic E-state index is 13.4. The van der Waals surface area contributed by atoms with Crippen LogP contribution in [0.1, 0.15) is 25.3 Å². The quantitative estimate of drug-likeness (QED) is 0.654. The minimum Gasteiger partial charge on any atom is -0.487 e. The maximum atomic E-state index is 13.4. The monoisotopic (exact) mass is 437 g/mol. The van der Waals surface area contributed by atoms with Crippen LogP contribution in [0.2, 0.25) is 10.0 Å². The largest absolute Gasteiger partial charge is 0.487 e. The molecule has 2 aromatic carbocycles. The van der Waals surface area contributed by atoms with Crippen LogP contribution in [0.3, 0.4) is 0 Å². The molecule has 1 fully saturated rings. The first kappa shape index (κ1) is 21.9. The minimum absolute atomic E-state index is 0.119. The summed E-state index contributed by atoms with van der Waals surface area (Å²) < 4.78 is 16.3. The van der Waals surface area contributed by atoms with Crippen LogP contribution in [0.5, 0.6) is 5.75 Å². The second-order valence-electron chi connectivity index (χ2n) is 7.16. The summed E-state index contributed by atoms with van der Waals surface area (Å²) in [4.78, 5) is 13.4. The highest BCUT2D eigenvalue weighted by molar-refractivity contribution is 6.32. The SMILES string of the molecule is COC[C@@H](C)Oc1ccc(NC(=O)C2(c3ccccc3Cl)CCOCC2)cc1Cl. The number of halogens is 2. The lowest BCUT2D eigenvalue weighted by Crippen LogP contribution is -2.45. The number of rotatable bonds is 7. The third kappa shape index (κ3) is 5.04. The Balaban J connectivity index is 1.82. The lowest BCUT2D eigenvalue weighted by atomic mass is 9.73. The van der Waals surface area contributed by atoms with Crippen LogP contribution in [0.25, 0.3) is 0 Å². The maximum Gasteiger partial charge on any atom is 0.235 e. The molecule has 1 aliphatic rings. The molecule has 29 heavy (non-hydrogen) atoms. The average Bonchev–Trinajstić information content (AvgIpc) is 2.71. The molecule has 0 aliphatic carbocycles. The van der Waals surface area contributed by atoms with Gasteiger partial charge in [-0.2, -0.15) is 0 Å². The van der Waals surface area contributed by atoms with E-state index in [1.807, 2.05) is 31.2 Å². The molecule has 0 aromatic heterocycles. The van der Waals surface area contributed by atoms with Gasteiger partial charge in [0.25, 0.3) is 0 Å². The van der Waals surface area contributed by atoms with Crippen molar-refractivity contribution in [1.29, 1.82) is 0 Å². The van der Waals surface area contributed by atoms with Crippen molar-refractivity contribution < 1.29 is 19.0 Å². The van der Waals surface area contributed by atoms with Crippen molar-refractivity contribution in [2.24, 2.45) is 0 Å². The Bertz CT molecular complexity index is 852. The van der Waals surface area contributed by atoms with E-state index in [4.69, 9.17) is 37.4 Å². The van der Waals surface area contributed by atoms with E-state index >= 15 is 0 Å². The van der Waals surface area contributed by atoms with Gasteiger partial charge in [-0.25, -0.2) is 0 Å². The average molecular weight is 438 g/mol. The third-order valence-electron chi connectivity index (χ3n) is 5.09. The highest BCUT2D eigenvalue weighted by Crippen LogP contribution is 2.40. The van der Waals surface area contributed by atoms with Gasteiger partial charge in [0, 0.05) is 31.0 Å². The lowest BCUT2D eigenvalue weighted by Gasteiger charge is -2.36. The second kappa shape index (κ2) is 9.81. The zero-order valence-corrected chi connectivity index (χ0v) is 18.1. The fraction of sp³-hybridized carbons (Fsp3) is 0.409. The molecule has 1 aliphatic heterocycles. The Morgan fingerprint density at radius 3 is 2.55 bits per heavy atom. The van der Waals surface area contributed by atoms with Crippen LogP contribution in [0.15, 0.2) is 42.5 Å². The molecule has 2 aromatic rings. The van der Waals surface area contributed by atoms with Crippen LogP contribution >= 0.6 is 23.2 Å². The first-order valence-electron chi connectivity index (χ1n) is 9.55. The van der Waals surface area contributed by atoms with Gasteiger partial charge in [-0.3, -0.25) is 4.79 Å². The summed E-state index contributed by atoms with van der Waals surface area (Å²) in [5, 5.41) is 4.01. The van der Waals surface area contributed by atoms with Gasteiger partial charge in [0.15, 0.2) is 0 Å². The van der Waals surface area contributed by atoms with Gasteiger partial charge < -0.3 is 19.5 Å². The normalized spacial score (nSPS) is 16.8. The van der Waals surface area contributed by atoms with Gasteiger partial charge in [-0.1, -0.05) is 41.4 Å². The van der Waals surface area contributed by atoms with Gasteiger partial charge in [-0.15, -0.1) is 0 Å². The number of hydrogen-bond acceptors (Lipinski definition) is 4. The Morgan fingerprint density at radius 2 is 1.90 bits per heavy atom. The summed E-state index contributed by atoms with van der Waals surface area (Å²) >= 11 is 12.8. The molecule has 3 rings (SSSR count). The van der Waals surface area contributed by atoms with Crippen LogP contribution in [-0.2, 0) is 19.7 Å². The molecule has 1 heterocycles. The Morgan fingerprint density at radius 1 is 1.17 bits per heavy atom. The number of nitrogens with one attached hydrogen (secondary N) is 1. The molecule has 156 valence electrons. The van der Waals surface area contributed by atoms with E-state index in [1.165, 1.54) is 0 Å². The predicted octanol–water partition coefficient (Wildman–Crippen LogP) is 5.09. The van der Waals surface area contributed by atoms with Crippen molar-refractivity contribution in [2.45, 2.75) is 31.3 Å². The van der Waals surface area contributed by atoms with Gasteiger partial charge >= 0.3 is 0 Å². The topological polar surface area (TPSA) is 56.8 Å². The van der Waals surface area contributed by atoms with Crippen LogP contribution in [0.4, 0.5) is 5.69 Å². The van der Waals surface area contributed by atoms with Gasteiger partial charge in [0.05, 0.1) is 17.0 Å². The molecule has 0 radical (unpaired) electrons. The molecule has 0 saturated carbocycles. The van der Waals surface area contributed by atoms with E-state index < -0.39 is 5.41 Å². The molecule has 0 spiro atoms. The van der Waals surface area contributed by atoms with E-state index in [9.17, 15) is 4.79 Å². The van der Waals surface area contributed by atoms with E-state index in [0.717, 1.165) is 5.56 Å². The molecule has 0 unspecified atom stereocenters. The molecule has 5 nitrogen and oxygen atoms in total.